The Balaban J connectivity index is 1.95. The van der Waals surface area contributed by atoms with E-state index in [4.69, 9.17) is 10.6 Å². The molecule has 0 unspecified atom stereocenters. The van der Waals surface area contributed by atoms with Gasteiger partial charge >= 0.3 is 6.01 Å². The van der Waals surface area contributed by atoms with E-state index < -0.39 is 0 Å². The second-order valence-corrected chi connectivity index (χ2v) is 3.31. The molecule has 9 heteroatoms. The van der Waals surface area contributed by atoms with Crippen molar-refractivity contribution in [3.63, 3.8) is 0 Å². The minimum absolute atomic E-state index is 0.194. The summed E-state index contributed by atoms with van der Waals surface area (Å²) in [4.78, 5) is 12.0. The van der Waals surface area contributed by atoms with Crippen LogP contribution in [-0.4, -0.2) is 38.4 Å². The van der Waals surface area contributed by atoms with Crippen LogP contribution in [0.3, 0.4) is 0 Å². The molecule has 2 heterocycles. The summed E-state index contributed by atoms with van der Waals surface area (Å²) in [5, 5.41) is 7.12. The molecule has 0 spiro atoms. The predicted molar refractivity (Wildman–Crippen MR) is 64.9 cm³/mol. The molecule has 0 atom stereocenters. The van der Waals surface area contributed by atoms with Gasteiger partial charge in [0, 0.05) is 18.9 Å². The summed E-state index contributed by atoms with van der Waals surface area (Å²) in [7, 11) is 1.48. The molecule has 0 amide bonds. The molecule has 0 radical (unpaired) electrons. The molecule has 0 saturated heterocycles. The summed E-state index contributed by atoms with van der Waals surface area (Å²) in [6.07, 6.45) is 3.60. The molecule has 0 aliphatic rings. The maximum Gasteiger partial charge on any atom is 0.322 e. The van der Waals surface area contributed by atoms with E-state index in [1.165, 1.54) is 7.11 Å². The molecule has 0 fully saturated rings. The first kappa shape index (κ1) is 12.0. The van der Waals surface area contributed by atoms with Crippen LogP contribution in [0.2, 0.25) is 0 Å². The van der Waals surface area contributed by atoms with E-state index in [0.717, 1.165) is 0 Å². The van der Waals surface area contributed by atoms with Crippen LogP contribution in [0.15, 0.2) is 18.5 Å². The number of hydrogen-bond acceptors (Lipinski definition) is 8. The molecule has 4 N–H and O–H groups in total. The van der Waals surface area contributed by atoms with Crippen molar-refractivity contribution in [1.82, 2.24) is 24.7 Å². The Kier molecular flexibility index (Phi) is 3.86. The summed E-state index contributed by atoms with van der Waals surface area (Å²) >= 11 is 0. The van der Waals surface area contributed by atoms with Crippen LogP contribution in [0.25, 0.3) is 0 Å². The van der Waals surface area contributed by atoms with Gasteiger partial charge in [-0.05, 0) is 6.07 Å². The van der Waals surface area contributed by atoms with Gasteiger partial charge in [0.05, 0.1) is 13.7 Å². The second kappa shape index (κ2) is 5.77. The third-order valence-corrected chi connectivity index (χ3v) is 2.11. The number of nitrogen functional groups attached to an aromatic ring is 1. The Morgan fingerprint density at radius 1 is 1.33 bits per heavy atom. The summed E-state index contributed by atoms with van der Waals surface area (Å²) in [5.74, 6) is 5.88. The second-order valence-electron chi connectivity index (χ2n) is 3.31. The van der Waals surface area contributed by atoms with Crippen LogP contribution in [0.4, 0.5) is 11.9 Å². The number of hydrogen-bond donors (Lipinski definition) is 3. The normalized spacial score (nSPS) is 10.1. The molecular weight excluding hydrogens is 236 g/mol. The monoisotopic (exact) mass is 250 g/mol. The largest absolute Gasteiger partial charge is 0.467 e. The molecule has 2 aromatic heterocycles. The molecule has 96 valence electrons. The molecule has 0 aromatic carbocycles. The van der Waals surface area contributed by atoms with E-state index in [9.17, 15) is 0 Å². The maximum absolute atomic E-state index is 5.25. The molecule has 0 bridgehead atoms. The minimum Gasteiger partial charge on any atom is -0.467 e. The first-order chi connectivity index (χ1) is 8.81. The van der Waals surface area contributed by atoms with Crippen molar-refractivity contribution in [2.24, 2.45) is 5.84 Å². The first-order valence-corrected chi connectivity index (χ1v) is 5.30. The van der Waals surface area contributed by atoms with Gasteiger partial charge in [0.25, 0.3) is 0 Å². The van der Waals surface area contributed by atoms with Crippen molar-refractivity contribution in [2.75, 3.05) is 24.4 Å². The number of aromatic nitrogens is 5. The predicted octanol–water partition coefficient (Wildman–Crippen LogP) is -0.526. The fourth-order valence-corrected chi connectivity index (χ4v) is 1.31. The number of hydrazine groups is 1. The van der Waals surface area contributed by atoms with E-state index >= 15 is 0 Å². The fraction of sp³-hybridized carbons (Fsp3) is 0.333. The van der Waals surface area contributed by atoms with Gasteiger partial charge in [0.2, 0.25) is 11.9 Å². The Morgan fingerprint density at radius 3 is 2.83 bits per heavy atom. The number of rotatable bonds is 6. The average molecular weight is 250 g/mol. The van der Waals surface area contributed by atoms with Gasteiger partial charge in [-0.3, -0.25) is 10.1 Å². The zero-order valence-electron chi connectivity index (χ0n) is 9.87. The van der Waals surface area contributed by atoms with Crippen molar-refractivity contribution >= 4 is 11.9 Å². The molecule has 18 heavy (non-hydrogen) atoms. The topological polar surface area (TPSA) is 116 Å². The van der Waals surface area contributed by atoms with Crippen molar-refractivity contribution in [3.05, 3.63) is 18.5 Å². The quantitative estimate of drug-likeness (QED) is 0.463. The molecule has 0 saturated carbocycles. The lowest BCUT2D eigenvalue weighted by molar-refractivity contribution is 0.379. The molecule has 2 rings (SSSR count). The molecule has 2 aromatic rings. The van der Waals surface area contributed by atoms with Crippen LogP contribution in [-0.2, 0) is 6.54 Å². The van der Waals surface area contributed by atoms with E-state index in [0.29, 0.717) is 19.0 Å². The smallest absolute Gasteiger partial charge is 0.322 e. The van der Waals surface area contributed by atoms with Crippen LogP contribution in [0.5, 0.6) is 6.01 Å². The Morgan fingerprint density at radius 2 is 2.17 bits per heavy atom. The van der Waals surface area contributed by atoms with Gasteiger partial charge in [-0.1, -0.05) is 0 Å². The number of methoxy groups -OCH3 is 1. The highest BCUT2D eigenvalue weighted by Gasteiger charge is 2.05. The first-order valence-electron chi connectivity index (χ1n) is 5.30. The van der Waals surface area contributed by atoms with Crippen molar-refractivity contribution in [1.29, 1.82) is 0 Å². The zero-order valence-corrected chi connectivity index (χ0v) is 9.87. The highest BCUT2D eigenvalue weighted by atomic mass is 16.5. The summed E-state index contributed by atoms with van der Waals surface area (Å²) < 4.78 is 6.73. The highest BCUT2D eigenvalue weighted by Crippen LogP contribution is 2.09. The van der Waals surface area contributed by atoms with E-state index in [2.05, 4.69) is 30.8 Å². The number of anilines is 2. The molecule has 9 nitrogen and oxygen atoms in total. The average Bonchev–Trinajstić information content (AvgIpc) is 2.91. The lowest BCUT2D eigenvalue weighted by Gasteiger charge is -2.07. The summed E-state index contributed by atoms with van der Waals surface area (Å²) in [5.41, 5.74) is 2.35. The van der Waals surface area contributed by atoms with Gasteiger partial charge in [-0.25, -0.2) is 5.84 Å². The van der Waals surface area contributed by atoms with Crippen molar-refractivity contribution < 1.29 is 4.74 Å². The third kappa shape index (κ3) is 3.04. The Hall–Kier alpha value is -2.42. The van der Waals surface area contributed by atoms with Crippen LogP contribution in [0.1, 0.15) is 0 Å². The minimum atomic E-state index is 0.194. The number of nitrogens with zero attached hydrogens (tertiary/aromatic N) is 5. The maximum atomic E-state index is 5.25. The molecular formula is C9H14N8O. The highest BCUT2D eigenvalue weighted by molar-refractivity contribution is 5.34. The third-order valence-electron chi connectivity index (χ3n) is 2.11. The lowest BCUT2D eigenvalue weighted by Crippen LogP contribution is -2.16. The standard InChI is InChI=1S/C9H14N8O/c1-18-9-14-7(13-8(15-9)16-10)11-4-6-17-5-2-3-12-17/h2-3,5H,4,6,10H2,1H3,(H2,11,13,14,15,16). The Labute approximate surface area is 103 Å². The van der Waals surface area contributed by atoms with E-state index in [1.807, 2.05) is 12.3 Å². The van der Waals surface area contributed by atoms with E-state index in [1.54, 1.807) is 10.9 Å². The molecule has 0 aliphatic carbocycles. The summed E-state index contributed by atoms with van der Waals surface area (Å²) in [6, 6.07) is 2.06. The van der Waals surface area contributed by atoms with Gasteiger partial charge in [0.15, 0.2) is 0 Å². The van der Waals surface area contributed by atoms with Gasteiger partial charge in [-0.2, -0.15) is 20.1 Å². The lowest BCUT2D eigenvalue weighted by atomic mass is 10.6. The SMILES string of the molecule is COc1nc(NN)nc(NCCn2cccn2)n1. The number of ether oxygens (including phenoxy) is 1. The van der Waals surface area contributed by atoms with Crippen LogP contribution < -0.4 is 21.3 Å². The molecule has 0 aliphatic heterocycles. The van der Waals surface area contributed by atoms with Gasteiger partial charge < -0.3 is 10.1 Å². The zero-order chi connectivity index (χ0) is 12.8. The number of nitrogens with one attached hydrogen (secondary N) is 2. The van der Waals surface area contributed by atoms with Crippen LogP contribution in [0, 0.1) is 0 Å². The number of nitrogens with two attached hydrogens (primary N) is 1. The van der Waals surface area contributed by atoms with E-state index in [-0.39, 0.29) is 12.0 Å². The summed E-state index contributed by atoms with van der Waals surface area (Å²) in [6.45, 7) is 1.32. The van der Waals surface area contributed by atoms with Gasteiger partial charge in [-0.15, -0.1) is 0 Å². The fourth-order valence-electron chi connectivity index (χ4n) is 1.31. The van der Waals surface area contributed by atoms with Crippen molar-refractivity contribution in [2.45, 2.75) is 6.54 Å². The van der Waals surface area contributed by atoms with Crippen molar-refractivity contribution in [3.8, 4) is 6.01 Å². The Bertz CT molecular complexity index is 463. The van der Waals surface area contributed by atoms with Crippen LogP contribution >= 0.6 is 0 Å². The van der Waals surface area contributed by atoms with Gasteiger partial charge in [0.1, 0.15) is 0 Å².